The van der Waals surface area contributed by atoms with Crippen molar-refractivity contribution in [1.82, 2.24) is 15.1 Å². The van der Waals surface area contributed by atoms with Crippen molar-refractivity contribution in [1.29, 1.82) is 0 Å². The minimum atomic E-state index is 0.378. The normalized spacial score (nSPS) is 13.1. The van der Waals surface area contributed by atoms with Crippen molar-refractivity contribution < 1.29 is 4.74 Å². The van der Waals surface area contributed by atoms with Gasteiger partial charge < -0.3 is 10.1 Å². The Hall–Kier alpha value is -1.03. The van der Waals surface area contributed by atoms with E-state index in [-0.39, 0.29) is 0 Å². The minimum absolute atomic E-state index is 0.378. The van der Waals surface area contributed by atoms with Crippen molar-refractivity contribution in [2.24, 2.45) is 0 Å². The van der Waals surface area contributed by atoms with E-state index in [0.29, 0.717) is 12.1 Å². The maximum absolute atomic E-state index is 5.36. The van der Waals surface area contributed by atoms with Crippen LogP contribution in [0.15, 0.2) is 6.20 Å². The number of nitrogens with one attached hydrogen (secondary N) is 1. The Morgan fingerprint density at radius 1 is 1.41 bits per heavy atom. The van der Waals surface area contributed by atoms with Crippen LogP contribution in [0.2, 0.25) is 0 Å². The van der Waals surface area contributed by atoms with Crippen LogP contribution in [0, 0.1) is 0 Å². The summed E-state index contributed by atoms with van der Waals surface area (Å²) in [4.78, 5) is 0. The van der Waals surface area contributed by atoms with Crippen molar-refractivity contribution in [3.63, 3.8) is 0 Å². The molecule has 98 valence electrons. The van der Waals surface area contributed by atoms with Gasteiger partial charge in [-0.05, 0) is 40.2 Å². The Labute approximate surface area is 104 Å². The zero-order valence-corrected chi connectivity index (χ0v) is 11.7. The third kappa shape index (κ3) is 3.73. The summed E-state index contributed by atoms with van der Waals surface area (Å²) >= 11 is 0. The summed E-state index contributed by atoms with van der Waals surface area (Å²) in [7, 11) is 1.71. The van der Waals surface area contributed by atoms with E-state index in [1.807, 2.05) is 6.20 Å². The van der Waals surface area contributed by atoms with Crippen LogP contribution in [0.3, 0.4) is 0 Å². The SMILES string of the molecule is CCNC(C)CCc1c(OC)cnn1C(C)C. The third-order valence-electron chi connectivity index (χ3n) is 2.94. The summed E-state index contributed by atoms with van der Waals surface area (Å²) in [6, 6.07) is 0.906. The molecule has 4 heteroatoms. The lowest BCUT2D eigenvalue weighted by molar-refractivity contribution is 0.400. The highest BCUT2D eigenvalue weighted by Crippen LogP contribution is 2.22. The Morgan fingerprint density at radius 2 is 2.12 bits per heavy atom. The fourth-order valence-corrected chi connectivity index (χ4v) is 2.03. The van der Waals surface area contributed by atoms with Crippen LogP contribution in [-0.2, 0) is 6.42 Å². The zero-order chi connectivity index (χ0) is 12.8. The van der Waals surface area contributed by atoms with E-state index in [1.54, 1.807) is 7.11 Å². The lowest BCUT2D eigenvalue weighted by Gasteiger charge is -2.15. The molecule has 0 aliphatic heterocycles. The van der Waals surface area contributed by atoms with E-state index in [9.17, 15) is 0 Å². The monoisotopic (exact) mass is 239 g/mol. The van der Waals surface area contributed by atoms with Gasteiger partial charge in [0.25, 0.3) is 0 Å². The molecule has 0 radical (unpaired) electrons. The van der Waals surface area contributed by atoms with E-state index in [0.717, 1.165) is 25.1 Å². The van der Waals surface area contributed by atoms with E-state index >= 15 is 0 Å². The molecule has 0 saturated carbocycles. The van der Waals surface area contributed by atoms with Gasteiger partial charge in [0.2, 0.25) is 0 Å². The molecular formula is C13H25N3O. The second kappa shape index (κ2) is 6.64. The van der Waals surface area contributed by atoms with E-state index in [4.69, 9.17) is 4.74 Å². The molecule has 17 heavy (non-hydrogen) atoms. The molecule has 1 unspecified atom stereocenters. The van der Waals surface area contributed by atoms with Crippen LogP contribution in [0.5, 0.6) is 5.75 Å². The molecule has 1 heterocycles. The van der Waals surface area contributed by atoms with E-state index in [1.165, 1.54) is 5.69 Å². The van der Waals surface area contributed by atoms with Gasteiger partial charge in [-0.2, -0.15) is 5.10 Å². The van der Waals surface area contributed by atoms with Gasteiger partial charge in [0, 0.05) is 12.1 Å². The van der Waals surface area contributed by atoms with E-state index < -0.39 is 0 Å². The largest absolute Gasteiger partial charge is 0.493 e. The Morgan fingerprint density at radius 3 is 2.65 bits per heavy atom. The average molecular weight is 239 g/mol. The van der Waals surface area contributed by atoms with E-state index in [2.05, 4.69) is 42.8 Å². The summed E-state index contributed by atoms with van der Waals surface area (Å²) in [5.74, 6) is 0.905. The maximum Gasteiger partial charge on any atom is 0.159 e. The predicted molar refractivity (Wildman–Crippen MR) is 70.6 cm³/mol. The first-order valence-corrected chi connectivity index (χ1v) is 6.43. The molecule has 0 fully saturated rings. The summed E-state index contributed by atoms with van der Waals surface area (Å²) in [6.45, 7) is 9.65. The first-order valence-electron chi connectivity index (χ1n) is 6.43. The molecule has 0 spiro atoms. The van der Waals surface area contributed by atoms with Crippen molar-refractivity contribution >= 4 is 0 Å². The van der Waals surface area contributed by atoms with Gasteiger partial charge in [0.1, 0.15) is 0 Å². The fraction of sp³-hybridized carbons (Fsp3) is 0.769. The Balaban J connectivity index is 2.70. The van der Waals surface area contributed by atoms with Crippen LogP contribution in [0.4, 0.5) is 0 Å². The van der Waals surface area contributed by atoms with Gasteiger partial charge in [-0.15, -0.1) is 0 Å². The van der Waals surface area contributed by atoms with Gasteiger partial charge >= 0.3 is 0 Å². The summed E-state index contributed by atoms with van der Waals surface area (Å²) < 4.78 is 7.42. The minimum Gasteiger partial charge on any atom is -0.493 e. The van der Waals surface area contributed by atoms with Crippen LogP contribution in [0.25, 0.3) is 0 Å². The second-order valence-electron chi connectivity index (χ2n) is 4.70. The summed E-state index contributed by atoms with van der Waals surface area (Å²) in [5, 5.41) is 7.81. The van der Waals surface area contributed by atoms with Crippen LogP contribution >= 0.6 is 0 Å². The smallest absolute Gasteiger partial charge is 0.159 e. The van der Waals surface area contributed by atoms with Gasteiger partial charge in [-0.1, -0.05) is 6.92 Å². The number of nitrogens with zero attached hydrogens (tertiary/aromatic N) is 2. The number of ether oxygens (including phenoxy) is 1. The molecule has 1 N–H and O–H groups in total. The first kappa shape index (κ1) is 14.0. The van der Waals surface area contributed by atoms with Crippen LogP contribution < -0.4 is 10.1 Å². The predicted octanol–water partition coefficient (Wildman–Crippen LogP) is 2.40. The molecule has 0 saturated heterocycles. The fourth-order valence-electron chi connectivity index (χ4n) is 2.03. The molecule has 1 rings (SSSR count). The van der Waals surface area contributed by atoms with Crippen molar-refractivity contribution in [3.05, 3.63) is 11.9 Å². The van der Waals surface area contributed by atoms with Crippen molar-refractivity contribution in [2.75, 3.05) is 13.7 Å². The summed E-state index contributed by atoms with van der Waals surface area (Å²) in [6.07, 6.45) is 3.91. The first-order chi connectivity index (χ1) is 8.10. The van der Waals surface area contributed by atoms with Gasteiger partial charge in [-0.3, -0.25) is 4.68 Å². The quantitative estimate of drug-likeness (QED) is 0.794. The molecule has 1 atom stereocenters. The Kier molecular flexibility index (Phi) is 5.48. The molecule has 0 aromatic carbocycles. The van der Waals surface area contributed by atoms with Gasteiger partial charge in [0.05, 0.1) is 19.0 Å². The molecule has 1 aromatic heterocycles. The van der Waals surface area contributed by atoms with Crippen LogP contribution in [-0.4, -0.2) is 29.5 Å². The topological polar surface area (TPSA) is 39.1 Å². The molecule has 0 amide bonds. The number of methoxy groups -OCH3 is 1. The number of hydrogen-bond acceptors (Lipinski definition) is 3. The molecule has 0 bridgehead atoms. The van der Waals surface area contributed by atoms with Gasteiger partial charge in [0.15, 0.2) is 5.75 Å². The average Bonchev–Trinajstić information content (AvgIpc) is 2.69. The van der Waals surface area contributed by atoms with Crippen LogP contribution in [0.1, 0.15) is 45.9 Å². The highest BCUT2D eigenvalue weighted by molar-refractivity contribution is 5.25. The van der Waals surface area contributed by atoms with Crippen molar-refractivity contribution in [2.45, 2.75) is 52.6 Å². The maximum atomic E-state index is 5.36. The molecule has 1 aromatic rings. The lowest BCUT2D eigenvalue weighted by Crippen LogP contribution is -2.26. The zero-order valence-electron chi connectivity index (χ0n) is 11.7. The highest BCUT2D eigenvalue weighted by atomic mass is 16.5. The van der Waals surface area contributed by atoms with Gasteiger partial charge in [-0.25, -0.2) is 0 Å². The second-order valence-corrected chi connectivity index (χ2v) is 4.70. The summed E-state index contributed by atoms with van der Waals surface area (Å²) in [5.41, 5.74) is 1.20. The number of aromatic nitrogens is 2. The highest BCUT2D eigenvalue weighted by Gasteiger charge is 2.14. The molecule has 4 nitrogen and oxygen atoms in total. The third-order valence-corrected chi connectivity index (χ3v) is 2.94. The number of rotatable bonds is 7. The standard InChI is InChI=1S/C13H25N3O/c1-6-14-11(4)7-8-12-13(17-5)9-15-16(12)10(2)3/h9-11,14H,6-8H2,1-5H3. The molecule has 0 aliphatic rings. The Bertz CT molecular complexity index is 333. The van der Waals surface area contributed by atoms with Crippen molar-refractivity contribution in [3.8, 4) is 5.75 Å². The number of hydrogen-bond donors (Lipinski definition) is 1. The lowest BCUT2D eigenvalue weighted by atomic mass is 10.1. The molecule has 0 aliphatic carbocycles. The molecular weight excluding hydrogens is 214 g/mol.